The molecular weight excluding hydrogens is 362 g/mol. The summed E-state index contributed by atoms with van der Waals surface area (Å²) in [7, 11) is 0. The van der Waals surface area contributed by atoms with E-state index in [1.807, 2.05) is 6.26 Å². The zero-order valence-corrected chi connectivity index (χ0v) is 15.2. The van der Waals surface area contributed by atoms with E-state index in [1.54, 1.807) is 11.8 Å². The summed E-state index contributed by atoms with van der Waals surface area (Å²) in [4.78, 5) is 20.3. The van der Waals surface area contributed by atoms with E-state index in [4.69, 9.17) is 11.6 Å². The SMILES string of the molecule is CCCCSc1nnc(NC(=O)c2nc(SC)ncc2Cl)s1. The molecule has 0 aliphatic rings. The van der Waals surface area contributed by atoms with Gasteiger partial charge in [-0.05, 0) is 12.7 Å². The highest BCUT2D eigenvalue weighted by Gasteiger charge is 2.16. The number of nitrogens with one attached hydrogen (secondary N) is 1. The maximum atomic E-state index is 12.2. The number of unbranched alkanes of at least 4 members (excludes halogenated alkanes) is 1. The summed E-state index contributed by atoms with van der Waals surface area (Å²) in [5.41, 5.74) is 0.136. The average molecular weight is 376 g/mol. The van der Waals surface area contributed by atoms with Gasteiger partial charge in [0.25, 0.3) is 5.91 Å². The van der Waals surface area contributed by atoms with E-state index < -0.39 is 5.91 Å². The number of aromatic nitrogens is 4. The van der Waals surface area contributed by atoms with Gasteiger partial charge in [0.15, 0.2) is 15.2 Å². The van der Waals surface area contributed by atoms with Crippen molar-refractivity contribution in [2.75, 3.05) is 17.3 Å². The van der Waals surface area contributed by atoms with Crippen molar-refractivity contribution in [2.45, 2.75) is 29.3 Å². The molecule has 1 amide bonds. The molecule has 10 heteroatoms. The molecule has 118 valence electrons. The summed E-state index contributed by atoms with van der Waals surface area (Å²) < 4.78 is 0.835. The standard InChI is InChI=1S/C12H14ClN5OS3/c1-3-4-5-21-12-18-17-11(22-12)16-9(19)8-7(13)6-14-10(15-8)20-2/h6H,3-5H2,1-2H3,(H,16,17,19). The first-order valence-corrected chi connectivity index (χ1v) is 9.88. The van der Waals surface area contributed by atoms with Crippen molar-refractivity contribution in [3.63, 3.8) is 0 Å². The van der Waals surface area contributed by atoms with Crippen LogP contribution in [0.3, 0.4) is 0 Å². The summed E-state index contributed by atoms with van der Waals surface area (Å²) in [6, 6.07) is 0. The molecule has 0 aliphatic carbocycles. The first kappa shape index (κ1) is 17.5. The molecule has 0 atom stereocenters. The first-order valence-electron chi connectivity index (χ1n) is 6.48. The van der Waals surface area contributed by atoms with Gasteiger partial charge in [-0.1, -0.05) is 59.8 Å². The molecule has 2 rings (SSSR count). The summed E-state index contributed by atoms with van der Waals surface area (Å²) >= 11 is 10.3. The highest BCUT2D eigenvalue weighted by atomic mass is 35.5. The Kier molecular flexibility index (Phi) is 6.87. The third-order valence-corrected chi connectivity index (χ3v) is 5.37. The highest BCUT2D eigenvalue weighted by molar-refractivity contribution is 8.01. The van der Waals surface area contributed by atoms with Crippen molar-refractivity contribution in [2.24, 2.45) is 0 Å². The predicted octanol–water partition coefficient (Wildman–Crippen LogP) is 3.85. The van der Waals surface area contributed by atoms with Gasteiger partial charge in [-0.25, -0.2) is 9.97 Å². The molecule has 0 fully saturated rings. The van der Waals surface area contributed by atoms with Crippen LogP contribution < -0.4 is 5.32 Å². The Balaban J connectivity index is 2.03. The number of anilines is 1. The summed E-state index contributed by atoms with van der Waals surface area (Å²) in [6.07, 6.45) is 5.51. The molecule has 2 aromatic rings. The lowest BCUT2D eigenvalue weighted by molar-refractivity contribution is 0.102. The molecule has 0 saturated heterocycles. The van der Waals surface area contributed by atoms with Crippen LogP contribution in [0.2, 0.25) is 5.02 Å². The first-order chi connectivity index (χ1) is 10.6. The second kappa shape index (κ2) is 8.66. The van der Waals surface area contributed by atoms with Gasteiger partial charge in [0.2, 0.25) is 5.13 Å². The van der Waals surface area contributed by atoms with Gasteiger partial charge in [0.05, 0.1) is 11.2 Å². The summed E-state index contributed by atoms with van der Waals surface area (Å²) in [5.74, 6) is 0.581. The Labute approximate surface area is 145 Å². The van der Waals surface area contributed by atoms with Crippen LogP contribution in [0.25, 0.3) is 0 Å². The molecule has 22 heavy (non-hydrogen) atoms. The Morgan fingerprint density at radius 2 is 2.27 bits per heavy atom. The van der Waals surface area contributed by atoms with Crippen molar-refractivity contribution in [3.8, 4) is 0 Å². The van der Waals surface area contributed by atoms with Gasteiger partial charge in [-0.15, -0.1) is 10.2 Å². The second-order valence-electron chi connectivity index (χ2n) is 4.08. The van der Waals surface area contributed by atoms with Crippen LogP contribution in [0.4, 0.5) is 5.13 Å². The summed E-state index contributed by atoms with van der Waals surface area (Å²) in [6.45, 7) is 2.14. The molecule has 0 saturated carbocycles. The minimum absolute atomic E-state index is 0.136. The van der Waals surface area contributed by atoms with Gasteiger partial charge in [0, 0.05) is 5.75 Å². The van der Waals surface area contributed by atoms with E-state index in [2.05, 4.69) is 32.4 Å². The molecule has 0 aromatic carbocycles. The van der Waals surface area contributed by atoms with Gasteiger partial charge in [-0.3, -0.25) is 10.1 Å². The minimum Gasteiger partial charge on any atom is -0.295 e. The zero-order valence-electron chi connectivity index (χ0n) is 12.0. The van der Waals surface area contributed by atoms with Gasteiger partial charge >= 0.3 is 0 Å². The second-order valence-corrected chi connectivity index (χ2v) is 7.58. The highest BCUT2D eigenvalue weighted by Crippen LogP contribution is 2.27. The van der Waals surface area contributed by atoms with Crippen LogP contribution in [0.15, 0.2) is 15.7 Å². The molecule has 2 aromatic heterocycles. The van der Waals surface area contributed by atoms with Crippen LogP contribution in [0.1, 0.15) is 30.3 Å². The number of carbonyl (C=O) groups excluding carboxylic acids is 1. The molecular formula is C12H14ClN5OS3. The zero-order chi connectivity index (χ0) is 15.9. The quantitative estimate of drug-likeness (QED) is 0.340. The van der Waals surface area contributed by atoms with Crippen LogP contribution in [0.5, 0.6) is 0 Å². The van der Waals surface area contributed by atoms with Gasteiger partial charge in [-0.2, -0.15) is 0 Å². The Bertz CT molecular complexity index is 651. The van der Waals surface area contributed by atoms with Crippen molar-refractivity contribution in [3.05, 3.63) is 16.9 Å². The molecule has 0 unspecified atom stereocenters. The fraction of sp³-hybridized carbons (Fsp3) is 0.417. The number of amides is 1. The molecule has 0 bridgehead atoms. The Morgan fingerprint density at radius 1 is 1.45 bits per heavy atom. The van der Waals surface area contributed by atoms with E-state index in [1.165, 1.54) is 29.3 Å². The molecule has 2 heterocycles. The molecule has 6 nitrogen and oxygen atoms in total. The smallest absolute Gasteiger partial charge is 0.277 e. The van der Waals surface area contributed by atoms with Crippen molar-refractivity contribution in [1.82, 2.24) is 20.2 Å². The number of nitrogens with zero attached hydrogens (tertiary/aromatic N) is 4. The van der Waals surface area contributed by atoms with E-state index in [-0.39, 0.29) is 10.7 Å². The topological polar surface area (TPSA) is 80.7 Å². The molecule has 0 spiro atoms. The number of hydrogen-bond acceptors (Lipinski definition) is 8. The lowest BCUT2D eigenvalue weighted by Crippen LogP contribution is -2.15. The van der Waals surface area contributed by atoms with Gasteiger partial charge in [0.1, 0.15) is 0 Å². The van der Waals surface area contributed by atoms with E-state index in [0.717, 1.165) is 22.9 Å². The predicted molar refractivity (Wildman–Crippen MR) is 92.3 cm³/mol. The fourth-order valence-electron chi connectivity index (χ4n) is 1.39. The Morgan fingerprint density at radius 3 is 3.00 bits per heavy atom. The maximum absolute atomic E-state index is 12.2. The summed E-state index contributed by atoms with van der Waals surface area (Å²) in [5, 5.41) is 11.8. The minimum atomic E-state index is -0.413. The fourth-order valence-corrected chi connectivity index (χ4v) is 3.81. The van der Waals surface area contributed by atoms with Gasteiger partial charge < -0.3 is 0 Å². The lowest BCUT2D eigenvalue weighted by atomic mass is 10.4. The largest absolute Gasteiger partial charge is 0.295 e. The third-order valence-electron chi connectivity index (χ3n) is 2.47. The third kappa shape index (κ3) is 4.80. The normalized spacial score (nSPS) is 10.7. The molecule has 0 radical (unpaired) electrons. The monoisotopic (exact) mass is 375 g/mol. The number of hydrogen-bond donors (Lipinski definition) is 1. The van der Waals surface area contributed by atoms with E-state index in [0.29, 0.717) is 10.3 Å². The Hall–Kier alpha value is -0.900. The van der Waals surface area contributed by atoms with Crippen LogP contribution in [0, 0.1) is 0 Å². The van der Waals surface area contributed by atoms with E-state index in [9.17, 15) is 4.79 Å². The molecule has 0 aliphatic heterocycles. The lowest BCUT2D eigenvalue weighted by Gasteiger charge is -2.03. The number of carbonyl (C=O) groups is 1. The number of thioether (sulfide) groups is 2. The van der Waals surface area contributed by atoms with Crippen LogP contribution >= 0.6 is 46.5 Å². The van der Waals surface area contributed by atoms with Crippen LogP contribution in [-0.4, -0.2) is 38.1 Å². The average Bonchev–Trinajstić information content (AvgIpc) is 2.95. The van der Waals surface area contributed by atoms with Crippen molar-refractivity contribution < 1.29 is 4.79 Å². The van der Waals surface area contributed by atoms with E-state index >= 15 is 0 Å². The number of halogens is 1. The maximum Gasteiger partial charge on any atom is 0.277 e. The number of rotatable bonds is 7. The van der Waals surface area contributed by atoms with Crippen molar-refractivity contribution >= 4 is 57.5 Å². The molecule has 1 N–H and O–H groups in total. The van der Waals surface area contributed by atoms with Crippen LogP contribution in [-0.2, 0) is 0 Å². The van der Waals surface area contributed by atoms with Crippen molar-refractivity contribution in [1.29, 1.82) is 0 Å².